The fourth-order valence-corrected chi connectivity index (χ4v) is 0.848. The molecule has 1 aromatic rings. The summed E-state index contributed by atoms with van der Waals surface area (Å²) in [5.41, 5.74) is 0.0458. The van der Waals surface area contributed by atoms with E-state index in [2.05, 4.69) is 0 Å². The molecule has 0 aliphatic carbocycles. The Morgan fingerprint density at radius 2 is 1.92 bits per heavy atom. The summed E-state index contributed by atoms with van der Waals surface area (Å²) in [5.74, 6) is -0.790. The summed E-state index contributed by atoms with van der Waals surface area (Å²) in [6, 6.07) is 2.09. The Bertz CT molecular complexity index is 316. The van der Waals surface area contributed by atoms with Gasteiger partial charge in [-0.15, -0.1) is 0 Å². The van der Waals surface area contributed by atoms with Crippen LogP contribution in [-0.4, -0.2) is 44.7 Å². The van der Waals surface area contributed by atoms with E-state index >= 15 is 0 Å². The van der Waals surface area contributed by atoms with E-state index in [0.717, 1.165) is 6.07 Å². The van der Waals surface area contributed by atoms with Crippen LogP contribution < -0.4 is 0 Å². The van der Waals surface area contributed by atoms with Crippen molar-refractivity contribution in [1.82, 2.24) is 0 Å². The molecular formula is C7H8NNaO4. The number of aromatic hydroxyl groups is 2. The van der Waals surface area contributed by atoms with Crippen LogP contribution in [0.15, 0.2) is 12.1 Å². The van der Waals surface area contributed by atoms with Gasteiger partial charge in [0.1, 0.15) is 0 Å². The van der Waals surface area contributed by atoms with E-state index in [-0.39, 0.29) is 46.6 Å². The number of hydrogen-bond acceptors (Lipinski definition) is 4. The normalized spacial score (nSPS) is 9.00. The fourth-order valence-electron chi connectivity index (χ4n) is 0.848. The SMILES string of the molecule is Cc1cc([N+](=O)[O-])cc(O)c1O.[NaH]. The Labute approximate surface area is 96.5 Å². The third kappa shape index (κ3) is 2.58. The number of aryl methyl sites for hydroxylation is 1. The molecule has 0 spiro atoms. The van der Waals surface area contributed by atoms with Crippen molar-refractivity contribution in [3.8, 4) is 11.5 Å². The van der Waals surface area contributed by atoms with Gasteiger partial charge in [0.15, 0.2) is 11.5 Å². The van der Waals surface area contributed by atoms with E-state index < -0.39 is 10.7 Å². The Morgan fingerprint density at radius 3 is 2.31 bits per heavy atom. The van der Waals surface area contributed by atoms with E-state index in [1.165, 1.54) is 13.0 Å². The zero-order valence-electron chi connectivity index (χ0n) is 6.31. The van der Waals surface area contributed by atoms with Gasteiger partial charge in [0, 0.05) is 11.6 Å². The second-order valence-electron chi connectivity index (χ2n) is 2.39. The molecule has 0 heterocycles. The number of phenols is 2. The predicted molar refractivity (Wildman–Crippen MR) is 48.3 cm³/mol. The first-order chi connectivity index (χ1) is 5.52. The van der Waals surface area contributed by atoms with Gasteiger partial charge in [-0.05, 0) is 6.92 Å². The van der Waals surface area contributed by atoms with Crippen LogP contribution >= 0.6 is 0 Å². The van der Waals surface area contributed by atoms with Crippen molar-refractivity contribution in [2.75, 3.05) is 0 Å². The molecule has 66 valence electrons. The van der Waals surface area contributed by atoms with Crippen molar-refractivity contribution in [1.29, 1.82) is 0 Å². The Morgan fingerprint density at radius 1 is 1.38 bits per heavy atom. The summed E-state index contributed by atoms with van der Waals surface area (Å²) in [7, 11) is 0. The predicted octanol–water partition coefficient (Wildman–Crippen LogP) is 0.666. The minimum absolute atomic E-state index is 0. The van der Waals surface area contributed by atoms with Gasteiger partial charge < -0.3 is 10.2 Å². The number of nitro benzene ring substituents is 1. The van der Waals surface area contributed by atoms with Crippen molar-refractivity contribution < 1.29 is 15.1 Å². The number of nitro groups is 1. The molecular weight excluding hydrogens is 185 g/mol. The van der Waals surface area contributed by atoms with Crippen LogP contribution in [0.2, 0.25) is 0 Å². The number of benzene rings is 1. The van der Waals surface area contributed by atoms with Crippen molar-refractivity contribution in [3.63, 3.8) is 0 Å². The maximum absolute atomic E-state index is 10.2. The monoisotopic (exact) mass is 193 g/mol. The Balaban J connectivity index is 0.00000144. The second kappa shape index (κ2) is 4.45. The molecule has 0 bridgehead atoms. The van der Waals surface area contributed by atoms with Gasteiger partial charge >= 0.3 is 29.6 Å². The number of non-ortho nitro benzene ring substituents is 1. The maximum atomic E-state index is 10.2. The van der Waals surface area contributed by atoms with Crippen molar-refractivity contribution >= 4 is 35.2 Å². The molecule has 13 heavy (non-hydrogen) atoms. The summed E-state index contributed by atoms with van der Waals surface area (Å²) < 4.78 is 0. The van der Waals surface area contributed by atoms with Crippen LogP contribution in [0.4, 0.5) is 5.69 Å². The first kappa shape index (κ1) is 12.2. The standard InChI is InChI=1S/C7H7NO4.Na.H/c1-4-2-5(8(11)12)3-6(9)7(4)10;;/h2-3,9-10H,1H3;;. The molecule has 5 nitrogen and oxygen atoms in total. The first-order valence-electron chi connectivity index (χ1n) is 3.19. The molecule has 0 atom stereocenters. The van der Waals surface area contributed by atoms with Gasteiger partial charge in [0.25, 0.3) is 5.69 Å². The molecule has 0 amide bonds. The van der Waals surface area contributed by atoms with Gasteiger partial charge in [-0.25, -0.2) is 0 Å². The second-order valence-corrected chi connectivity index (χ2v) is 2.39. The van der Waals surface area contributed by atoms with Crippen LogP contribution in [0.1, 0.15) is 5.56 Å². The zero-order valence-corrected chi connectivity index (χ0v) is 6.31. The number of rotatable bonds is 1. The average Bonchev–Trinajstić information content (AvgIpc) is 1.99. The molecule has 0 radical (unpaired) electrons. The molecule has 0 saturated heterocycles. The molecule has 0 fully saturated rings. The topological polar surface area (TPSA) is 83.6 Å². The summed E-state index contributed by atoms with van der Waals surface area (Å²) in [5, 5.41) is 28.2. The van der Waals surface area contributed by atoms with Crippen molar-refractivity contribution in [2.45, 2.75) is 6.92 Å². The molecule has 0 aliphatic rings. The third-order valence-corrected chi connectivity index (χ3v) is 1.48. The summed E-state index contributed by atoms with van der Waals surface area (Å²) in [6.45, 7) is 1.47. The van der Waals surface area contributed by atoms with E-state index in [0.29, 0.717) is 0 Å². The van der Waals surface area contributed by atoms with Gasteiger partial charge in [-0.3, -0.25) is 10.1 Å². The molecule has 0 saturated carbocycles. The fraction of sp³-hybridized carbons (Fsp3) is 0.143. The molecule has 1 aromatic carbocycles. The summed E-state index contributed by atoms with van der Waals surface area (Å²) in [6.07, 6.45) is 0. The van der Waals surface area contributed by atoms with Crippen LogP contribution in [0.5, 0.6) is 11.5 Å². The van der Waals surface area contributed by atoms with Gasteiger partial charge in [0.05, 0.1) is 11.0 Å². The van der Waals surface area contributed by atoms with E-state index in [1.54, 1.807) is 0 Å². The number of nitrogens with zero attached hydrogens (tertiary/aromatic N) is 1. The van der Waals surface area contributed by atoms with Crippen LogP contribution in [0.25, 0.3) is 0 Å². The van der Waals surface area contributed by atoms with E-state index in [9.17, 15) is 10.1 Å². The van der Waals surface area contributed by atoms with Gasteiger partial charge in [-0.2, -0.15) is 0 Å². The molecule has 2 N–H and O–H groups in total. The van der Waals surface area contributed by atoms with Crippen molar-refractivity contribution in [2.24, 2.45) is 0 Å². The minimum atomic E-state index is -0.633. The van der Waals surface area contributed by atoms with Crippen LogP contribution in [0, 0.1) is 17.0 Å². The molecule has 0 aromatic heterocycles. The van der Waals surface area contributed by atoms with E-state index in [1.807, 2.05) is 0 Å². The average molecular weight is 193 g/mol. The molecule has 0 unspecified atom stereocenters. The van der Waals surface area contributed by atoms with Crippen LogP contribution in [-0.2, 0) is 0 Å². The summed E-state index contributed by atoms with van der Waals surface area (Å²) in [4.78, 5) is 9.60. The van der Waals surface area contributed by atoms with Gasteiger partial charge in [0.2, 0.25) is 0 Å². The van der Waals surface area contributed by atoms with Gasteiger partial charge in [-0.1, -0.05) is 0 Å². The number of hydrogen-bond donors (Lipinski definition) is 2. The zero-order chi connectivity index (χ0) is 9.30. The molecule has 6 heteroatoms. The summed E-state index contributed by atoms with van der Waals surface area (Å²) >= 11 is 0. The Kier molecular flexibility index (Phi) is 4.19. The third-order valence-electron chi connectivity index (χ3n) is 1.48. The first-order valence-corrected chi connectivity index (χ1v) is 3.19. The van der Waals surface area contributed by atoms with Crippen LogP contribution in [0.3, 0.4) is 0 Å². The van der Waals surface area contributed by atoms with E-state index in [4.69, 9.17) is 10.2 Å². The van der Waals surface area contributed by atoms with Crippen molar-refractivity contribution in [3.05, 3.63) is 27.8 Å². The molecule has 1 rings (SSSR count). The Hall–Kier alpha value is -0.780. The quantitative estimate of drug-likeness (QED) is 0.297. The number of phenolic OH excluding ortho intramolecular Hbond substituents is 2. The molecule has 0 aliphatic heterocycles.